The summed E-state index contributed by atoms with van der Waals surface area (Å²) in [6, 6.07) is 12.2. The van der Waals surface area contributed by atoms with Crippen LogP contribution in [-0.2, 0) is 20.9 Å². The predicted molar refractivity (Wildman–Crippen MR) is 115 cm³/mol. The first-order chi connectivity index (χ1) is 15.7. The molecule has 1 N–H and O–H groups in total. The molecule has 1 aliphatic heterocycles. The number of halogens is 3. The summed E-state index contributed by atoms with van der Waals surface area (Å²) in [5.74, 6) is -1.05. The minimum atomic E-state index is -4.74. The minimum Gasteiger partial charge on any atom is -0.489 e. The third kappa shape index (κ3) is 7.68. The summed E-state index contributed by atoms with van der Waals surface area (Å²) in [5.41, 5.74) is 1.56. The Morgan fingerprint density at radius 1 is 1.09 bits per heavy atom. The number of carbonyl (C=O) groups is 2. The lowest BCUT2D eigenvalue weighted by Gasteiger charge is -2.10. The molecule has 2 aromatic rings. The zero-order valence-electron chi connectivity index (χ0n) is 17.0. The van der Waals surface area contributed by atoms with Gasteiger partial charge in [0.25, 0.3) is 5.91 Å². The Balaban J connectivity index is 1.51. The summed E-state index contributed by atoms with van der Waals surface area (Å²) >= 11 is 0.964. The van der Waals surface area contributed by atoms with Crippen molar-refractivity contribution in [3.63, 3.8) is 0 Å². The Morgan fingerprint density at radius 3 is 2.39 bits per heavy atom. The highest BCUT2D eigenvalue weighted by Gasteiger charge is 2.31. The van der Waals surface area contributed by atoms with Crippen LogP contribution in [0.5, 0.6) is 11.5 Å². The number of esters is 1. The van der Waals surface area contributed by atoms with E-state index in [1.54, 1.807) is 24.3 Å². The number of rotatable bonds is 7. The van der Waals surface area contributed by atoms with Gasteiger partial charge in [0.2, 0.25) is 0 Å². The van der Waals surface area contributed by atoms with Crippen molar-refractivity contribution in [2.24, 2.45) is 10.2 Å². The van der Waals surface area contributed by atoms with Gasteiger partial charge in [0, 0.05) is 6.08 Å². The molecule has 0 aliphatic carbocycles. The molecule has 12 heteroatoms. The standard InChI is InChI=1S/C21H16F3N3O5S/c1-30-18(28)10-17-19(29)26-20(33-17)27-25-11-13-2-4-14(5-3-13)12-31-15-6-8-16(9-7-15)32-21(22,23)24/h2-11H,12H2,1H3,(H,26,27,29)/b17-10+,25-11?. The molecule has 1 heterocycles. The zero-order chi connectivity index (χ0) is 23.8. The molecule has 2 aromatic carbocycles. The summed E-state index contributed by atoms with van der Waals surface area (Å²) < 4.78 is 50.4. The molecule has 0 saturated carbocycles. The summed E-state index contributed by atoms with van der Waals surface area (Å²) in [4.78, 5) is 23.1. The van der Waals surface area contributed by atoms with Crippen LogP contribution in [0, 0.1) is 0 Å². The fraction of sp³-hybridized carbons (Fsp3) is 0.143. The van der Waals surface area contributed by atoms with E-state index >= 15 is 0 Å². The van der Waals surface area contributed by atoms with Gasteiger partial charge in [-0.05, 0) is 47.2 Å². The number of nitrogens with zero attached hydrogens (tertiary/aromatic N) is 2. The molecule has 172 valence electrons. The van der Waals surface area contributed by atoms with E-state index < -0.39 is 18.2 Å². The highest BCUT2D eigenvalue weighted by atomic mass is 32.2. The van der Waals surface area contributed by atoms with Gasteiger partial charge in [0.15, 0.2) is 5.17 Å². The second-order valence-corrected chi connectivity index (χ2v) is 7.32. The summed E-state index contributed by atoms with van der Waals surface area (Å²) in [6.45, 7) is 0.206. The first-order valence-electron chi connectivity index (χ1n) is 9.19. The van der Waals surface area contributed by atoms with Crippen molar-refractivity contribution < 1.29 is 37.0 Å². The molecule has 3 rings (SSSR count). The molecule has 0 atom stereocenters. The van der Waals surface area contributed by atoms with E-state index in [2.05, 4.69) is 25.0 Å². The molecule has 1 amide bonds. The number of nitrogens with one attached hydrogen (secondary N) is 1. The Hall–Kier alpha value is -3.80. The predicted octanol–water partition coefficient (Wildman–Crippen LogP) is 3.77. The van der Waals surface area contributed by atoms with Gasteiger partial charge in [-0.1, -0.05) is 24.3 Å². The normalized spacial score (nSPS) is 16.3. The second-order valence-electron chi connectivity index (χ2n) is 6.29. The maximum Gasteiger partial charge on any atom is 0.573 e. The topological polar surface area (TPSA) is 98.6 Å². The molecule has 0 radical (unpaired) electrons. The van der Waals surface area contributed by atoms with Crippen LogP contribution in [0.2, 0.25) is 0 Å². The largest absolute Gasteiger partial charge is 0.573 e. The van der Waals surface area contributed by atoms with Crippen LogP contribution in [0.4, 0.5) is 13.2 Å². The number of carbonyl (C=O) groups excluding carboxylic acids is 2. The van der Waals surface area contributed by atoms with Crippen molar-refractivity contribution in [1.29, 1.82) is 0 Å². The monoisotopic (exact) mass is 479 g/mol. The smallest absolute Gasteiger partial charge is 0.489 e. The van der Waals surface area contributed by atoms with Gasteiger partial charge in [0.05, 0.1) is 18.2 Å². The van der Waals surface area contributed by atoms with Gasteiger partial charge < -0.3 is 14.2 Å². The van der Waals surface area contributed by atoms with E-state index in [9.17, 15) is 22.8 Å². The molecule has 0 unspecified atom stereocenters. The molecule has 1 saturated heterocycles. The molecule has 8 nitrogen and oxygen atoms in total. The van der Waals surface area contributed by atoms with Crippen LogP contribution in [0.15, 0.2) is 69.7 Å². The van der Waals surface area contributed by atoms with Crippen LogP contribution in [0.3, 0.4) is 0 Å². The average Bonchev–Trinajstić information content (AvgIpc) is 3.12. The molecule has 1 aliphatic rings. The van der Waals surface area contributed by atoms with Crippen molar-refractivity contribution in [2.75, 3.05) is 7.11 Å². The van der Waals surface area contributed by atoms with Crippen molar-refractivity contribution in [2.45, 2.75) is 13.0 Å². The fourth-order valence-electron chi connectivity index (χ4n) is 2.39. The van der Waals surface area contributed by atoms with Crippen molar-refractivity contribution in [3.8, 4) is 11.5 Å². The third-order valence-electron chi connectivity index (χ3n) is 3.90. The van der Waals surface area contributed by atoms with Gasteiger partial charge in [-0.15, -0.1) is 18.3 Å². The van der Waals surface area contributed by atoms with E-state index in [4.69, 9.17) is 4.74 Å². The van der Waals surface area contributed by atoms with Gasteiger partial charge in [-0.25, -0.2) is 4.79 Å². The Kier molecular flexibility index (Phi) is 7.72. The lowest BCUT2D eigenvalue weighted by Crippen LogP contribution is -2.19. The van der Waals surface area contributed by atoms with E-state index in [1.165, 1.54) is 37.6 Å². The molecule has 0 spiro atoms. The maximum absolute atomic E-state index is 12.2. The van der Waals surface area contributed by atoms with Crippen LogP contribution in [0.1, 0.15) is 11.1 Å². The van der Waals surface area contributed by atoms with Crippen LogP contribution in [-0.4, -0.2) is 36.7 Å². The second kappa shape index (κ2) is 10.7. The van der Waals surface area contributed by atoms with Crippen LogP contribution >= 0.6 is 11.8 Å². The SMILES string of the molecule is COC(=O)/C=C1/S/C(=N\N=Cc2ccc(COc3ccc(OC(F)(F)F)cc3)cc2)NC1=O. The molecular weight excluding hydrogens is 463 g/mol. The van der Waals surface area contributed by atoms with E-state index in [0.29, 0.717) is 5.75 Å². The highest BCUT2D eigenvalue weighted by molar-refractivity contribution is 8.18. The van der Waals surface area contributed by atoms with Crippen LogP contribution in [0.25, 0.3) is 0 Å². The van der Waals surface area contributed by atoms with Crippen molar-refractivity contribution in [1.82, 2.24) is 5.32 Å². The maximum atomic E-state index is 12.2. The number of thioether (sulfide) groups is 1. The lowest BCUT2D eigenvalue weighted by atomic mass is 10.1. The lowest BCUT2D eigenvalue weighted by molar-refractivity contribution is -0.274. The van der Waals surface area contributed by atoms with Crippen LogP contribution < -0.4 is 14.8 Å². The first kappa shape index (κ1) is 23.9. The molecule has 33 heavy (non-hydrogen) atoms. The quantitative estimate of drug-likeness (QED) is 0.281. The minimum absolute atomic E-state index is 0.155. The summed E-state index contributed by atoms with van der Waals surface area (Å²) in [5, 5.41) is 10.5. The average molecular weight is 479 g/mol. The van der Waals surface area contributed by atoms with Crippen molar-refractivity contribution in [3.05, 3.63) is 70.6 Å². The molecule has 0 aromatic heterocycles. The van der Waals surface area contributed by atoms with Crippen molar-refractivity contribution >= 4 is 35.0 Å². The fourth-order valence-corrected chi connectivity index (χ4v) is 3.13. The summed E-state index contributed by atoms with van der Waals surface area (Å²) in [7, 11) is 1.21. The zero-order valence-corrected chi connectivity index (χ0v) is 17.8. The Labute approximate surface area is 190 Å². The number of hydrogen-bond acceptors (Lipinski definition) is 8. The Bertz CT molecular complexity index is 1100. The number of methoxy groups -OCH3 is 1. The number of amidine groups is 1. The molecule has 0 bridgehead atoms. The van der Waals surface area contributed by atoms with E-state index in [-0.39, 0.29) is 22.4 Å². The number of benzene rings is 2. The van der Waals surface area contributed by atoms with Gasteiger partial charge in [-0.2, -0.15) is 5.10 Å². The third-order valence-corrected chi connectivity index (χ3v) is 4.80. The van der Waals surface area contributed by atoms with Gasteiger partial charge >= 0.3 is 12.3 Å². The number of hydrogen-bond donors (Lipinski definition) is 1. The number of alkyl halides is 3. The number of amides is 1. The molecule has 1 fully saturated rings. The highest BCUT2D eigenvalue weighted by Crippen LogP contribution is 2.25. The van der Waals surface area contributed by atoms with E-state index in [1.807, 2.05) is 0 Å². The van der Waals surface area contributed by atoms with Gasteiger partial charge in [0.1, 0.15) is 18.1 Å². The number of ether oxygens (including phenoxy) is 3. The summed E-state index contributed by atoms with van der Waals surface area (Å²) in [6.07, 6.45) is -2.20. The first-order valence-corrected chi connectivity index (χ1v) is 10.0. The Morgan fingerprint density at radius 2 is 1.76 bits per heavy atom. The van der Waals surface area contributed by atoms with Gasteiger partial charge in [-0.3, -0.25) is 10.1 Å². The van der Waals surface area contributed by atoms with E-state index in [0.717, 1.165) is 29.0 Å². The molecular formula is C21H16F3N3O5S.